The lowest BCUT2D eigenvalue weighted by Crippen LogP contribution is -2.31. The maximum atomic E-state index is 13.7. The molecule has 0 aliphatic carbocycles. The van der Waals surface area contributed by atoms with Crippen LogP contribution >= 0.6 is 11.3 Å². The number of carbonyl (C=O) groups is 1. The minimum absolute atomic E-state index is 0.143. The number of aromatic nitrogens is 4. The van der Waals surface area contributed by atoms with E-state index in [1.165, 1.54) is 0 Å². The van der Waals surface area contributed by atoms with Gasteiger partial charge < -0.3 is 4.90 Å². The van der Waals surface area contributed by atoms with E-state index in [9.17, 15) is 4.79 Å². The van der Waals surface area contributed by atoms with E-state index in [0.29, 0.717) is 24.3 Å². The van der Waals surface area contributed by atoms with Crippen molar-refractivity contribution in [1.29, 1.82) is 5.26 Å². The van der Waals surface area contributed by atoms with Crippen LogP contribution in [0, 0.1) is 18.3 Å². The summed E-state index contributed by atoms with van der Waals surface area (Å²) in [4.78, 5) is 25.3. The number of nitriles is 1. The number of carbonyl (C=O) groups excluding carboxylic acids is 1. The minimum Gasteiger partial charge on any atom is -0.333 e. The van der Waals surface area contributed by atoms with Crippen molar-refractivity contribution in [3.05, 3.63) is 64.9 Å². The fourth-order valence-electron chi connectivity index (χ4n) is 3.48. The van der Waals surface area contributed by atoms with E-state index in [0.717, 1.165) is 27.2 Å². The second kappa shape index (κ2) is 8.43. The first kappa shape index (κ1) is 19.7. The number of pyridine rings is 2. The lowest BCUT2D eigenvalue weighted by atomic mass is 10.1. The standard InChI is InChI=1S/C22H20N6OS/c1-15-20-17(12-18(19-7-4-11-30-19)25-21(20)27(2)26-15)22(29)28(10-5-8-23)14-16-6-3-9-24-13-16/h3-4,6-7,9,11-13H,5,10,14H2,1-2H3. The van der Waals surface area contributed by atoms with E-state index in [-0.39, 0.29) is 12.3 Å². The Morgan fingerprint density at radius 1 is 1.33 bits per heavy atom. The Morgan fingerprint density at radius 3 is 2.90 bits per heavy atom. The van der Waals surface area contributed by atoms with Crippen LogP contribution in [-0.2, 0) is 13.6 Å². The normalized spacial score (nSPS) is 10.8. The Kier molecular flexibility index (Phi) is 5.55. The fourth-order valence-corrected chi connectivity index (χ4v) is 4.17. The van der Waals surface area contributed by atoms with E-state index in [2.05, 4.69) is 16.2 Å². The fraction of sp³-hybridized carbons (Fsp3) is 0.227. The summed E-state index contributed by atoms with van der Waals surface area (Å²) in [5, 5.41) is 16.3. The Labute approximate surface area is 178 Å². The molecule has 0 aliphatic heterocycles. The smallest absolute Gasteiger partial charge is 0.255 e. The molecule has 7 nitrogen and oxygen atoms in total. The molecule has 30 heavy (non-hydrogen) atoms. The first-order chi connectivity index (χ1) is 14.6. The van der Waals surface area contributed by atoms with Gasteiger partial charge in [0.25, 0.3) is 5.91 Å². The second-order valence-electron chi connectivity index (χ2n) is 6.94. The summed E-state index contributed by atoms with van der Waals surface area (Å²) in [5.74, 6) is -0.143. The molecule has 0 fully saturated rings. The zero-order chi connectivity index (χ0) is 21.1. The number of fused-ring (bicyclic) bond motifs is 1. The Morgan fingerprint density at radius 2 is 2.20 bits per heavy atom. The van der Waals surface area contributed by atoms with Gasteiger partial charge in [-0.15, -0.1) is 11.3 Å². The molecular formula is C22H20N6OS. The van der Waals surface area contributed by atoms with Crippen LogP contribution in [0.25, 0.3) is 21.6 Å². The maximum Gasteiger partial charge on any atom is 0.255 e. The van der Waals surface area contributed by atoms with Crippen LogP contribution in [0.3, 0.4) is 0 Å². The Bertz CT molecular complexity index is 1220. The number of hydrogen-bond donors (Lipinski definition) is 0. The molecule has 4 rings (SSSR count). The quantitative estimate of drug-likeness (QED) is 0.475. The summed E-state index contributed by atoms with van der Waals surface area (Å²) in [6.45, 7) is 2.60. The van der Waals surface area contributed by atoms with Crippen LogP contribution in [0.5, 0.6) is 0 Å². The van der Waals surface area contributed by atoms with Gasteiger partial charge in [-0.3, -0.25) is 14.5 Å². The van der Waals surface area contributed by atoms with Gasteiger partial charge in [0.1, 0.15) is 0 Å². The van der Waals surface area contributed by atoms with Crippen LogP contribution < -0.4 is 0 Å². The van der Waals surface area contributed by atoms with Crippen LogP contribution in [-0.4, -0.2) is 37.1 Å². The maximum absolute atomic E-state index is 13.7. The highest BCUT2D eigenvalue weighted by Gasteiger charge is 2.23. The van der Waals surface area contributed by atoms with Crippen molar-refractivity contribution < 1.29 is 4.79 Å². The van der Waals surface area contributed by atoms with E-state index in [4.69, 9.17) is 10.2 Å². The van der Waals surface area contributed by atoms with Crippen molar-refractivity contribution in [2.24, 2.45) is 7.05 Å². The second-order valence-corrected chi connectivity index (χ2v) is 7.88. The highest BCUT2D eigenvalue weighted by molar-refractivity contribution is 7.13. The Balaban J connectivity index is 1.82. The summed E-state index contributed by atoms with van der Waals surface area (Å²) in [5.41, 5.74) is 3.63. The molecule has 4 heterocycles. The lowest BCUT2D eigenvalue weighted by molar-refractivity contribution is 0.0748. The predicted octanol–water partition coefficient (Wildman–Crippen LogP) is 3.96. The lowest BCUT2D eigenvalue weighted by Gasteiger charge is -2.22. The van der Waals surface area contributed by atoms with Crippen molar-refractivity contribution in [1.82, 2.24) is 24.6 Å². The highest BCUT2D eigenvalue weighted by Crippen LogP contribution is 2.30. The molecule has 8 heteroatoms. The first-order valence-electron chi connectivity index (χ1n) is 9.52. The SMILES string of the molecule is Cc1nn(C)c2nc(-c3cccs3)cc(C(=O)N(CCC#N)Cc3cccnc3)c12. The summed E-state index contributed by atoms with van der Waals surface area (Å²) in [6.07, 6.45) is 3.69. The Hall–Kier alpha value is -3.57. The number of nitrogens with zero attached hydrogens (tertiary/aromatic N) is 6. The zero-order valence-electron chi connectivity index (χ0n) is 16.7. The van der Waals surface area contributed by atoms with Gasteiger partial charge in [-0.25, -0.2) is 4.98 Å². The number of thiophene rings is 1. The van der Waals surface area contributed by atoms with E-state index in [1.54, 1.807) is 33.3 Å². The molecule has 4 aromatic heterocycles. The summed E-state index contributed by atoms with van der Waals surface area (Å²) >= 11 is 1.57. The third kappa shape index (κ3) is 3.80. The summed E-state index contributed by atoms with van der Waals surface area (Å²) < 4.78 is 1.71. The van der Waals surface area contributed by atoms with Gasteiger partial charge >= 0.3 is 0 Å². The topological polar surface area (TPSA) is 87.7 Å². The van der Waals surface area contributed by atoms with Crippen LogP contribution in [0.2, 0.25) is 0 Å². The molecule has 0 aromatic carbocycles. The van der Waals surface area contributed by atoms with Crippen LogP contribution in [0.4, 0.5) is 0 Å². The molecule has 0 aliphatic rings. The molecule has 1 amide bonds. The molecule has 0 N–H and O–H groups in total. The van der Waals surface area contributed by atoms with Gasteiger partial charge in [0.05, 0.1) is 39.7 Å². The molecule has 0 saturated heterocycles. The molecule has 0 spiro atoms. The van der Waals surface area contributed by atoms with Crippen LogP contribution in [0.1, 0.15) is 28.0 Å². The highest BCUT2D eigenvalue weighted by atomic mass is 32.1. The van der Waals surface area contributed by atoms with Gasteiger partial charge in [0.2, 0.25) is 0 Å². The summed E-state index contributed by atoms with van der Waals surface area (Å²) in [6, 6.07) is 11.7. The number of aryl methyl sites for hydroxylation is 2. The number of hydrogen-bond acceptors (Lipinski definition) is 6. The van der Waals surface area contributed by atoms with Crippen molar-refractivity contribution in [3.8, 4) is 16.6 Å². The molecule has 0 radical (unpaired) electrons. The monoisotopic (exact) mass is 416 g/mol. The van der Waals surface area contributed by atoms with E-state index < -0.39 is 0 Å². The van der Waals surface area contributed by atoms with E-state index in [1.807, 2.05) is 49.7 Å². The third-order valence-electron chi connectivity index (χ3n) is 4.85. The van der Waals surface area contributed by atoms with E-state index >= 15 is 0 Å². The van der Waals surface area contributed by atoms with Crippen molar-refractivity contribution in [3.63, 3.8) is 0 Å². The van der Waals surface area contributed by atoms with Gasteiger partial charge in [-0.2, -0.15) is 10.4 Å². The molecular weight excluding hydrogens is 396 g/mol. The largest absolute Gasteiger partial charge is 0.333 e. The molecule has 0 atom stereocenters. The van der Waals surface area contributed by atoms with Gasteiger partial charge in [-0.1, -0.05) is 12.1 Å². The van der Waals surface area contributed by atoms with Crippen LogP contribution in [0.15, 0.2) is 48.1 Å². The van der Waals surface area contributed by atoms with Crippen molar-refractivity contribution in [2.75, 3.05) is 6.54 Å². The van der Waals surface area contributed by atoms with Gasteiger partial charge in [0, 0.05) is 32.5 Å². The molecule has 150 valence electrons. The zero-order valence-corrected chi connectivity index (χ0v) is 17.6. The average Bonchev–Trinajstić information content (AvgIpc) is 3.39. The minimum atomic E-state index is -0.143. The molecule has 4 aromatic rings. The number of rotatable bonds is 6. The molecule has 0 unspecified atom stereocenters. The predicted molar refractivity (Wildman–Crippen MR) is 116 cm³/mol. The average molecular weight is 417 g/mol. The first-order valence-corrected chi connectivity index (χ1v) is 10.4. The molecule has 0 bridgehead atoms. The number of amides is 1. The van der Waals surface area contributed by atoms with Crippen molar-refractivity contribution >= 4 is 28.3 Å². The third-order valence-corrected chi connectivity index (χ3v) is 5.74. The van der Waals surface area contributed by atoms with Gasteiger partial charge in [-0.05, 0) is 36.1 Å². The summed E-state index contributed by atoms with van der Waals surface area (Å²) in [7, 11) is 1.83. The molecule has 0 saturated carbocycles. The van der Waals surface area contributed by atoms with Gasteiger partial charge in [0.15, 0.2) is 5.65 Å². The van der Waals surface area contributed by atoms with Crippen molar-refractivity contribution in [2.45, 2.75) is 19.9 Å².